The quantitative estimate of drug-likeness (QED) is 0.604. The minimum Gasteiger partial charge on any atom is -0.465 e. The lowest BCUT2D eigenvalue weighted by atomic mass is 9.46. The molecule has 188 valence electrons. The number of hydrogen-bond acceptors (Lipinski definition) is 6. The highest BCUT2D eigenvalue weighted by atomic mass is 16.5. The molecule has 4 aliphatic carbocycles. The first-order valence-electron chi connectivity index (χ1n) is 12.7. The van der Waals surface area contributed by atoms with Crippen LogP contribution in [0.15, 0.2) is 23.8 Å². The Morgan fingerprint density at radius 3 is 2.56 bits per heavy atom. The molecule has 0 unspecified atom stereocenters. The number of carbonyl (C=O) groups is 3. The van der Waals surface area contributed by atoms with Gasteiger partial charge in [-0.25, -0.2) is 0 Å². The van der Waals surface area contributed by atoms with E-state index in [0.29, 0.717) is 19.3 Å². The summed E-state index contributed by atoms with van der Waals surface area (Å²) in [5.74, 6) is -0.402. The van der Waals surface area contributed by atoms with Crippen molar-refractivity contribution in [2.24, 2.45) is 34.0 Å². The fourth-order valence-electron chi connectivity index (χ4n) is 7.51. The van der Waals surface area contributed by atoms with E-state index >= 15 is 0 Å². The lowest BCUT2D eigenvalue weighted by molar-refractivity contribution is -0.188. The summed E-state index contributed by atoms with van der Waals surface area (Å²) in [5, 5.41) is 12.3. The van der Waals surface area contributed by atoms with Gasteiger partial charge in [-0.2, -0.15) is 0 Å². The molecule has 0 aromatic heterocycles. The van der Waals surface area contributed by atoms with Crippen LogP contribution in [-0.4, -0.2) is 41.1 Å². The van der Waals surface area contributed by atoms with Gasteiger partial charge in [-0.15, -0.1) is 0 Å². The Morgan fingerprint density at radius 1 is 1.21 bits per heavy atom. The van der Waals surface area contributed by atoms with Gasteiger partial charge in [-0.1, -0.05) is 19.1 Å². The maximum atomic E-state index is 12.6. The third-order valence-corrected chi connectivity index (χ3v) is 9.51. The third kappa shape index (κ3) is 3.77. The summed E-state index contributed by atoms with van der Waals surface area (Å²) in [6.45, 7) is 11.3. The molecule has 0 amide bonds. The van der Waals surface area contributed by atoms with Crippen LogP contribution in [0.3, 0.4) is 0 Å². The molecular weight excluding hydrogens is 432 g/mol. The molecule has 0 radical (unpaired) electrons. The van der Waals surface area contributed by atoms with Crippen LogP contribution >= 0.6 is 0 Å². The van der Waals surface area contributed by atoms with E-state index in [2.05, 4.69) is 13.0 Å². The van der Waals surface area contributed by atoms with Gasteiger partial charge >= 0.3 is 11.9 Å². The number of aliphatic hydroxyl groups is 1. The molecule has 34 heavy (non-hydrogen) atoms. The van der Waals surface area contributed by atoms with Crippen LogP contribution < -0.4 is 0 Å². The van der Waals surface area contributed by atoms with E-state index in [9.17, 15) is 19.5 Å². The Labute approximate surface area is 203 Å². The topological polar surface area (TPSA) is 89.9 Å². The third-order valence-electron chi connectivity index (χ3n) is 9.51. The molecule has 0 bridgehead atoms. The van der Waals surface area contributed by atoms with Gasteiger partial charge in [0.2, 0.25) is 0 Å². The summed E-state index contributed by atoms with van der Waals surface area (Å²) < 4.78 is 11.5. The van der Waals surface area contributed by atoms with E-state index in [1.807, 2.05) is 33.8 Å². The summed E-state index contributed by atoms with van der Waals surface area (Å²) >= 11 is 0. The predicted molar refractivity (Wildman–Crippen MR) is 128 cm³/mol. The first-order valence-corrected chi connectivity index (χ1v) is 12.7. The average Bonchev–Trinajstić information content (AvgIpc) is 3.03. The molecule has 0 aromatic carbocycles. The van der Waals surface area contributed by atoms with Crippen molar-refractivity contribution in [1.82, 2.24) is 0 Å². The lowest BCUT2D eigenvalue weighted by Gasteiger charge is -2.60. The van der Waals surface area contributed by atoms with Gasteiger partial charge in [0.25, 0.3) is 0 Å². The Hall–Kier alpha value is -1.95. The van der Waals surface area contributed by atoms with Gasteiger partial charge in [0, 0.05) is 36.0 Å². The number of allylic oxidation sites excluding steroid dienone is 2. The second-order valence-electron chi connectivity index (χ2n) is 12.4. The Bertz CT molecular complexity index is 941. The molecule has 0 saturated heterocycles. The molecule has 2 saturated carbocycles. The lowest BCUT2D eigenvalue weighted by Crippen LogP contribution is -2.61. The van der Waals surface area contributed by atoms with E-state index in [4.69, 9.17) is 9.47 Å². The fraction of sp³-hybridized carbons (Fsp3) is 0.750. The van der Waals surface area contributed by atoms with E-state index in [0.717, 1.165) is 24.8 Å². The number of fused-ring (bicyclic) bond motifs is 5. The molecule has 0 heterocycles. The minimum atomic E-state index is -0.949. The molecular formula is C28H40O6. The van der Waals surface area contributed by atoms with E-state index in [1.54, 1.807) is 6.08 Å². The van der Waals surface area contributed by atoms with Crippen molar-refractivity contribution in [3.8, 4) is 0 Å². The van der Waals surface area contributed by atoms with E-state index in [1.165, 1.54) is 6.92 Å². The van der Waals surface area contributed by atoms with Crippen LogP contribution in [0, 0.1) is 34.0 Å². The van der Waals surface area contributed by atoms with Gasteiger partial charge in [0.15, 0.2) is 5.78 Å². The summed E-state index contributed by atoms with van der Waals surface area (Å²) in [6, 6.07) is 0. The van der Waals surface area contributed by atoms with Crippen LogP contribution in [0.4, 0.5) is 0 Å². The highest BCUT2D eigenvalue weighted by Gasteiger charge is 2.67. The van der Waals surface area contributed by atoms with E-state index in [-0.39, 0.29) is 48.2 Å². The van der Waals surface area contributed by atoms with Crippen LogP contribution in [0.1, 0.15) is 80.1 Å². The van der Waals surface area contributed by atoms with Crippen LogP contribution in [0.25, 0.3) is 0 Å². The molecule has 0 aliphatic heterocycles. The Balaban J connectivity index is 1.67. The first kappa shape index (κ1) is 25.2. The molecule has 6 heteroatoms. The maximum absolute atomic E-state index is 12.6. The Kier molecular flexibility index (Phi) is 6.16. The second kappa shape index (κ2) is 8.32. The molecule has 0 spiro atoms. The van der Waals surface area contributed by atoms with Crippen molar-refractivity contribution in [2.45, 2.75) is 91.8 Å². The average molecular weight is 473 g/mol. The van der Waals surface area contributed by atoms with Gasteiger partial charge in [0.05, 0.1) is 11.0 Å². The highest BCUT2D eigenvalue weighted by molar-refractivity contribution is 5.92. The number of ether oxygens (including phenoxy) is 2. The summed E-state index contributed by atoms with van der Waals surface area (Å²) in [6.07, 6.45) is 9.65. The smallest absolute Gasteiger partial charge is 0.311 e. The number of esters is 2. The zero-order chi connectivity index (χ0) is 25.1. The monoisotopic (exact) mass is 472 g/mol. The van der Waals surface area contributed by atoms with Gasteiger partial charge < -0.3 is 14.6 Å². The van der Waals surface area contributed by atoms with Crippen molar-refractivity contribution < 1.29 is 29.0 Å². The Morgan fingerprint density at radius 2 is 1.91 bits per heavy atom. The number of carbonyl (C=O) groups excluding carboxylic acids is 3. The van der Waals surface area contributed by atoms with E-state index < -0.39 is 21.8 Å². The van der Waals surface area contributed by atoms with Crippen molar-refractivity contribution in [1.29, 1.82) is 0 Å². The van der Waals surface area contributed by atoms with Crippen molar-refractivity contribution in [2.75, 3.05) is 6.61 Å². The van der Waals surface area contributed by atoms with Crippen molar-refractivity contribution in [3.05, 3.63) is 23.8 Å². The van der Waals surface area contributed by atoms with Gasteiger partial charge in [-0.3, -0.25) is 14.4 Å². The normalized spacial score (nSPS) is 39.9. The second-order valence-corrected chi connectivity index (χ2v) is 12.4. The van der Waals surface area contributed by atoms with Crippen LogP contribution in [0.5, 0.6) is 0 Å². The molecule has 4 aliphatic rings. The molecule has 4 rings (SSSR count). The summed E-state index contributed by atoms with van der Waals surface area (Å²) in [4.78, 5) is 36.5. The highest BCUT2D eigenvalue weighted by Crippen LogP contribution is 2.67. The van der Waals surface area contributed by atoms with Gasteiger partial charge in [0.1, 0.15) is 12.7 Å². The standard InChI is InChI=1S/C28H40O6/c1-17(34-24(31)25(3,4)5)21-11-14-28(32)23-8-7-19-15-20(30)9-13-27(19,16-33-18(2)29)22(23)10-12-26(21,28)6/h7-8,15,17,21-23,32H,9-14,16H2,1-6H3/t17-,21+,22-,23+,26+,27+,28-/m0/s1. The largest absolute Gasteiger partial charge is 0.465 e. The van der Waals surface area contributed by atoms with Crippen LogP contribution in [0.2, 0.25) is 0 Å². The molecule has 0 aromatic rings. The summed E-state index contributed by atoms with van der Waals surface area (Å²) in [7, 11) is 0. The number of hydrogen-bond donors (Lipinski definition) is 1. The number of ketones is 1. The predicted octanol–water partition coefficient (Wildman–Crippen LogP) is 4.55. The first-order chi connectivity index (χ1) is 15.7. The zero-order valence-electron chi connectivity index (χ0n) is 21.5. The SMILES string of the molecule is CC(=O)OC[C@]12CCC(=O)C=C1C=C[C@@H]1[C@@H]2CC[C@]2(C)[C@@H]([C@H](C)OC(=O)C(C)(C)C)CC[C@]12O. The number of rotatable bonds is 4. The zero-order valence-corrected chi connectivity index (χ0v) is 21.5. The van der Waals surface area contributed by atoms with Crippen LogP contribution in [-0.2, 0) is 23.9 Å². The molecule has 2 fully saturated rings. The van der Waals surface area contributed by atoms with Crippen molar-refractivity contribution in [3.63, 3.8) is 0 Å². The fourth-order valence-corrected chi connectivity index (χ4v) is 7.51. The minimum absolute atomic E-state index is 0.0624. The molecule has 6 nitrogen and oxygen atoms in total. The maximum Gasteiger partial charge on any atom is 0.311 e. The summed E-state index contributed by atoms with van der Waals surface area (Å²) in [5.41, 5.74) is -1.43. The van der Waals surface area contributed by atoms with Gasteiger partial charge in [-0.05, 0) is 77.4 Å². The van der Waals surface area contributed by atoms with Crippen molar-refractivity contribution >= 4 is 17.7 Å². The molecule has 7 atom stereocenters. The molecule has 1 N–H and O–H groups in total.